The molecule has 0 N–H and O–H groups in total. The summed E-state index contributed by atoms with van der Waals surface area (Å²) in [6.07, 6.45) is -0.619. The minimum Gasteiger partial charge on any atom is -0.467 e. The number of pyridine rings is 1. The molecule has 0 atom stereocenters. The molecule has 3 aromatic rings. The van der Waals surface area contributed by atoms with Gasteiger partial charge < -0.3 is 14.2 Å². The molecule has 3 heterocycles. The second-order valence-corrected chi connectivity index (χ2v) is 8.33. The van der Waals surface area contributed by atoms with Crippen molar-refractivity contribution in [1.29, 1.82) is 0 Å². The number of alkyl halides is 2. The van der Waals surface area contributed by atoms with Crippen LogP contribution in [0.25, 0.3) is 11.3 Å². The number of carbonyl (C=O) groups excluding carboxylic acids is 1. The molecule has 170 valence electrons. The van der Waals surface area contributed by atoms with Crippen molar-refractivity contribution in [2.75, 3.05) is 7.11 Å². The number of nitrogens with zero attached hydrogens (tertiary/aromatic N) is 3. The van der Waals surface area contributed by atoms with Crippen LogP contribution in [0.3, 0.4) is 0 Å². The van der Waals surface area contributed by atoms with Gasteiger partial charge in [0, 0.05) is 23.9 Å². The van der Waals surface area contributed by atoms with Crippen molar-refractivity contribution in [3.05, 3.63) is 59.0 Å². The minimum absolute atomic E-state index is 0.0156. The second kappa shape index (κ2) is 7.47. The molecule has 0 radical (unpaired) electrons. The van der Waals surface area contributed by atoms with E-state index in [4.69, 9.17) is 9.72 Å². The van der Waals surface area contributed by atoms with Gasteiger partial charge in [0.1, 0.15) is 5.78 Å². The first-order valence-corrected chi connectivity index (χ1v) is 10.5. The van der Waals surface area contributed by atoms with E-state index >= 15 is 0 Å². The Bertz CT molecular complexity index is 1270. The lowest BCUT2D eigenvalue weighted by atomic mass is 9.88. The van der Waals surface area contributed by atoms with Crippen LogP contribution in [0.2, 0.25) is 0 Å². The Balaban J connectivity index is 1.40. The standard InChI is InChI=1S/C24H21F2N3O4/c1-13-4-6-16(29-21(13)17-12-27-22(31-3)28-14(17)2)11-20(30)23(8-9-23)15-5-7-18-19(10-15)33-24(25,26)32-18/h4-7,10,12H,8-9,11H2,1-3H3. The highest BCUT2D eigenvalue weighted by Gasteiger charge is 2.52. The van der Waals surface area contributed by atoms with Crippen LogP contribution >= 0.6 is 0 Å². The Morgan fingerprint density at radius 2 is 1.85 bits per heavy atom. The number of ketones is 1. The van der Waals surface area contributed by atoms with E-state index in [1.54, 1.807) is 12.3 Å². The average Bonchev–Trinajstić information content (AvgIpc) is 3.52. The molecule has 0 amide bonds. The smallest absolute Gasteiger partial charge is 0.467 e. The summed E-state index contributed by atoms with van der Waals surface area (Å²) in [4.78, 5) is 26.5. The van der Waals surface area contributed by atoms with Crippen LogP contribution in [-0.4, -0.2) is 34.1 Å². The number of rotatable bonds is 6. The molecule has 1 aromatic carbocycles. The number of Topliss-reactive ketones (excluding diaryl/α,β-unsaturated/α-hetero) is 1. The number of hydrogen-bond donors (Lipinski definition) is 0. The maximum absolute atomic E-state index is 13.4. The van der Waals surface area contributed by atoms with Crippen LogP contribution in [0.5, 0.6) is 17.5 Å². The van der Waals surface area contributed by atoms with Crippen molar-refractivity contribution in [3.63, 3.8) is 0 Å². The summed E-state index contributed by atoms with van der Waals surface area (Å²) >= 11 is 0. The van der Waals surface area contributed by atoms with E-state index in [0.717, 1.165) is 16.8 Å². The lowest BCUT2D eigenvalue weighted by molar-refractivity contribution is -0.286. The van der Waals surface area contributed by atoms with E-state index in [0.29, 0.717) is 29.8 Å². The number of hydrogen-bond acceptors (Lipinski definition) is 7. The van der Waals surface area contributed by atoms with Gasteiger partial charge in [0.15, 0.2) is 11.5 Å². The first-order valence-electron chi connectivity index (χ1n) is 10.5. The van der Waals surface area contributed by atoms with Gasteiger partial charge in [-0.2, -0.15) is 4.98 Å². The molecule has 0 saturated heterocycles. The molecule has 1 aliphatic heterocycles. The topological polar surface area (TPSA) is 83.4 Å². The highest BCUT2D eigenvalue weighted by Crippen LogP contribution is 2.52. The van der Waals surface area contributed by atoms with Crippen LogP contribution in [0.15, 0.2) is 36.5 Å². The van der Waals surface area contributed by atoms with Gasteiger partial charge in [-0.1, -0.05) is 12.1 Å². The summed E-state index contributed by atoms with van der Waals surface area (Å²) in [7, 11) is 1.50. The van der Waals surface area contributed by atoms with Crippen LogP contribution in [0, 0.1) is 13.8 Å². The molecular formula is C24H21F2N3O4. The monoisotopic (exact) mass is 453 g/mol. The fourth-order valence-electron chi connectivity index (χ4n) is 4.15. The summed E-state index contributed by atoms with van der Waals surface area (Å²) in [5.41, 5.74) is 3.67. The van der Waals surface area contributed by atoms with Crippen LogP contribution < -0.4 is 14.2 Å². The fraction of sp³-hybridized carbons (Fsp3) is 0.333. The predicted octanol–water partition coefficient (Wildman–Crippen LogP) is 4.33. The SMILES string of the molecule is COc1ncc(-c2nc(CC(=O)C3(c4ccc5c(c4)OC(F)(F)O5)CC3)ccc2C)c(C)n1. The normalized spacial score (nSPS) is 17.0. The number of aryl methyl sites for hydroxylation is 2. The Morgan fingerprint density at radius 1 is 1.09 bits per heavy atom. The zero-order valence-electron chi connectivity index (χ0n) is 18.3. The molecule has 1 saturated carbocycles. The molecule has 2 aromatic heterocycles. The van der Waals surface area contributed by atoms with Crippen molar-refractivity contribution in [1.82, 2.24) is 15.0 Å². The van der Waals surface area contributed by atoms with Crippen molar-refractivity contribution in [2.45, 2.75) is 44.8 Å². The Morgan fingerprint density at radius 3 is 2.55 bits per heavy atom. The highest BCUT2D eigenvalue weighted by atomic mass is 19.3. The van der Waals surface area contributed by atoms with Crippen molar-refractivity contribution in [2.24, 2.45) is 0 Å². The van der Waals surface area contributed by atoms with Gasteiger partial charge in [-0.25, -0.2) is 4.98 Å². The summed E-state index contributed by atoms with van der Waals surface area (Å²) < 4.78 is 40.8. The quantitative estimate of drug-likeness (QED) is 0.549. The number of halogens is 2. The average molecular weight is 453 g/mol. The molecule has 33 heavy (non-hydrogen) atoms. The number of carbonyl (C=O) groups is 1. The van der Waals surface area contributed by atoms with E-state index in [1.165, 1.54) is 19.2 Å². The number of ether oxygens (including phenoxy) is 3. The Kier molecular flexibility index (Phi) is 4.81. The molecule has 9 heteroatoms. The van der Waals surface area contributed by atoms with Gasteiger partial charge in [-0.3, -0.25) is 9.78 Å². The summed E-state index contributed by atoms with van der Waals surface area (Å²) in [6, 6.07) is 8.57. The maximum Gasteiger partial charge on any atom is 0.586 e. The lowest BCUT2D eigenvalue weighted by Gasteiger charge is -2.16. The van der Waals surface area contributed by atoms with Gasteiger partial charge in [0.2, 0.25) is 0 Å². The van der Waals surface area contributed by atoms with Gasteiger partial charge >= 0.3 is 12.3 Å². The molecule has 0 spiro atoms. The van der Waals surface area contributed by atoms with Gasteiger partial charge in [-0.05, 0) is 56.0 Å². The molecule has 1 aliphatic carbocycles. The van der Waals surface area contributed by atoms with Crippen LogP contribution in [0.1, 0.15) is 35.4 Å². The third-order valence-corrected chi connectivity index (χ3v) is 6.13. The molecule has 0 unspecified atom stereocenters. The van der Waals surface area contributed by atoms with E-state index in [-0.39, 0.29) is 29.7 Å². The third kappa shape index (κ3) is 3.77. The largest absolute Gasteiger partial charge is 0.586 e. The highest BCUT2D eigenvalue weighted by molar-refractivity contribution is 5.94. The summed E-state index contributed by atoms with van der Waals surface area (Å²) in [6.45, 7) is 3.78. The first kappa shape index (κ1) is 21.2. The van der Waals surface area contributed by atoms with Gasteiger partial charge in [-0.15, -0.1) is 8.78 Å². The molecule has 2 aliphatic rings. The molecule has 1 fully saturated rings. The molecule has 0 bridgehead atoms. The summed E-state index contributed by atoms with van der Waals surface area (Å²) in [5, 5.41) is 0. The number of aromatic nitrogens is 3. The summed E-state index contributed by atoms with van der Waals surface area (Å²) in [5.74, 6) is -0.102. The first-order chi connectivity index (χ1) is 15.7. The Hall–Kier alpha value is -3.62. The molecular weight excluding hydrogens is 432 g/mol. The number of methoxy groups -OCH3 is 1. The molecule has 7 nitrogen and oxygen atoms in total. The van der Waals surface area contributed by atoms with Gasteiger partial charge in [0.05, 0.1) is 23.9 Å². The third-order valence-electron chi connectivity index (χ3n) is 6.13. The van der Waals surface area contributed by atoms with E-state index in [2.05, 4.69) is 19.4 Å². The fourth-order valence-corrected chi connectivity index (χ4v) is 4.15. The second-order valence-electron chi connectivity index (χ2n) is 8.33. The maximum atomic E-state index is 13.4. The van der Waals surface area contributed by atoms with Crippen LogP contribution in [0.4, 0.5) is 8.78 Å². The Labute approximate surface area is 188 Å². The zero-order valence-corrected chi connectivity index (χ0v) is 18.3. The number of fused-ring (bicyclic) bond motifs is 1. The van der Waals surface area contributed by atoms with Crippen molar-refractivity contribution < 1.29 is 27.8 Å². The molecule has 5 rings (SSSR count). The van der Waals surface area contributed by atoms with Crippen LogP contribution in [-0.2, 0) is 16.6 Å². The van der Waals surface area contributed by atoms with Crippen molar-refractivity contribution >= 4 is 5.78 Å². The lowest BCUT2D eigenvalue weighted by Crippen LogP contribution is -2.26. The van der Waals surface area contributed by atoms with E-state index in [1.807, 2.05) is 26.0 Å². The zero-order chi connectivity index (χ0) is 23.4. The van der Waals surface area contributed by atoms with Gasteiger partial charge in [0.25, 0.3) is 0 Å². The van der Waals surface area contributed by atoms with E-state index in [9.17, 15) is 13.6 Å². The number of benzene rings is 1. The predicted molar refractivity (Wildman–Crippen MR) is 114 cm³/mol. The van der Waals surface area contributed by atoms with E-state index < -0.39 is 11.7 Å². The minimum atomic E-state index is -3.69. The van der Waals surface area contributed by atoms with Crippen molar-refractivity contribution in [3.8, 4) is 28.8 Å².